The van der Waals surface area contributed by atoms with E-state index >= 15 is 0 Å². The molecule has 4 amide bonds. The van der Waals surface area contributed by atoms with Crippen LogP contribution in [0.1, 0.15) is 12.8 Å². The van der Waals surface area contributed by atoms with Crippen LogP contribution in [0.3, 0.4) is 0 Å². The third-order valence-electron chi connectivity index (χ3n) is 1.53. The molecule has 0 atom stereocenters. The van der Waals surface area contributed by atoms with Gasteiger partial charge in [-0.25, -0.2) is 14.4 Å². The van der Waals surface area contributed by atoms with Gasteiger partial charge in [-0.15, -0.1) is 0 Å². The number of urea groups is 2. The summed E-state index contributed by atoms with van der Waals surface area (Å²) in [6.45, 7) is 0. The highest BCUT2D eigenvalue weighted by Crippen LogP contribution is 2.15. The summed E-state index contributed by atoms with van der Waals surface area (Å²) in [6.07, 6.45) is -2.29. The van der Waals surface area contributed by atoms with E-state index in [0.29, 0.717) is 0 Å². The molecule has 118 valence electrons. The molecular formula is C8H12N4O9. The molecule has 0 unspecified atom stereocenters. The smallest absolute Gasteiger partial charge is 0.357 e. The van der Waals surface area contributed by atoms with Gasteiger partial charge in [0.25, 0.3) is 0 Å². The Kier molecular flexibility index (Phi) is 8.59. The Morgan fingerprint density at radius 2 is 1.10 bits per heavy atom. The van der Waals surface area contributed by atoms with Crippen LogP contribution in [0.4, 0.5) is 9.59 Å². The average Bonchev–Trinajstić information content (AvgIpc) is 2.24. The van der Waals surface area contributed by atoms with Crippen molar-refractivity contribution in [3.8, 4) is 0 Å². The van der Waals surface area contributed by atoms with Crippen molar-refractivity contribution in [2.45, 2.75) is 18.4 Å². The van der Waals surface area contributed by atoms with E-state index in [1.807, 2.05) is 0 Å². The molecule has 0 aliphatic heterocycles. The maximum absolute atomic E-state index is 10.3. The predicted molar refractivity (Wildman–Crippen MR) is 61.1 cm³/mol. The summed E-state index contributed by atoms with van der Waals surface area (Å²) in [5.74, 6) is -5.02. The van der Waals surface area contributed by atoms with Crippen LogP contribution in [0.5, 0.6) is 0 Å². The molecule has 0 spiro atoms. The number of nitrogens with zero attached hydrogens (tertiary/aromatic N) is 2. The van der Waals surface area contributed by atoms with Crippen LogP contribution in [0.2, 0.25) is 0 Å². The molecule has 0 aliphatic rings. The summed E-state index contributed by atoms with van der Waals surface area (Å²) < 4.78 is 0. The molecule has 0 heterocycles. The molecule has 0 aliphatic carbocycles. The minimum absolute atomic E-state index is 1.04. The van der Waals surface area contributed by atoms with Gasteiger partial charge in [-0.05, 0) is 0 Å². The van der Waals surface area contributed by atoms with E-state index in [9.17, 15) is 24.0 Å². The number of aliphatic hydroxyl groups is 1. The highest BCUT2D eigenvalue weighted by molar-refractivity contribution is 5.88. The van der Waals surface area contributed by atoms with Crippen LogP contribution in [-0.2, 0) is 14.4 Å². The maximum atomic E-state index is 10.3. The van der Waals surface area contributed by atoms with Gasteiger partial charge in [0, 0.05) is 0 Å². The van der Waals surface area contributed by atoms with Crippen LogP contribution >= 0.6 is 0 Å². The van der Waals surface area contributed by atoms with E-state index in [1.165, 1.54) is 0 Å². The monoisotopic (exact) mass is 308 g/mol. The Labute approximate surface area is 115 Å². The molecule has 0 rings (SSSR count). The first-order valence-electron chi connectivity index (χ1n) is 4.80. The predicted octanol–water partition coefficient (Wildman–Crippen LogP) is -1.65. The zero-order valence-electron chi connectivity index (χ0n) is 10.3. The number of hydrogen-bond acceptors (Lipinski definition) is 6. The van der Waals surface area contributed by atoms with E-state index in [1.54, 1.807) is 0 Å². The van der Waals surface area contributed by atoms with Gasteiger partial charge in [-0.1, -0.05) is 10.2 Å². The largest absolute Gasteiger partial charge is 0.481 e. The molecule has 0 radical (unpaired) electrons. The van der Waals surface area contributed by atoms with Crippen molar-refractivity contribution in [2.24, 2.45) is 21.7 Å². The van der Waals surface area contributed by atoms with Crippen molar-refractivity contribution in [3.05, 3.63) is 0 Å². The molecular weight excluding hydrogens is 296 g/mol. The number of nitrogens with two attached hydrogens (primary N) is 2. The number of azo groups is 1. The highest BCUT2D eigenvalue weighted by atomic mass is 16.4. The number of carboxylic acids is 3. The van der Waals surface area contributed by atoms with Crippen molar-refractivity contribution < 1.29 is 44.4 Å². The molecule has 0 aromatic carbocycles. The molecule has 13 heteroatoms. The zero-order chi connectivity index (χ0) is 17.2. The summed E-state index contributed by atoms with van der Waals surface area (Å²) in [5.41, 5.74) is 6.13. The summed E-state index contributed by atoms with van der Waals surface area (Å²) in [6, 6.07) is -2.08. The maximum Gasteiger partial charge on any atom is 0.357 e. The molecule has 13 nitrogen and oxygen atoms in total. The Morgan fingerprint density at radius 1 is 0.810 bits per heavy atom. The Hall–Kier alpha value is -3.09. The quantitative estimate of drug-likeness (QED) is 0.318. The minimum atomic E-state index is -2.74. The average molecular weight is 308 g/mol. The number of carbonyl (C=O) groups excluding carboxylic acids is 2. The van der Waals surface area contributed by atoms with Crippen molar-refractivity contribution in [1.82, 2.24) is 0 Å². The first-order chi connectivity index (χ1) is 9.40. The summed E-state index contributed by atoms with van der Waals surface area (Å²) >= 11 is 0. The van der Waals surface area contributed by atoms with Crippen LogP contribution in [0.25, 0.3) is 0 Å². The van der Waals surface area contributed by atoms with E-state index < -0.39 is 48.4 Å². The van der Waals surface area contributed by atoms with Crippen molar-refractivity contribution >= 4 is 30.0 Å². The van der Waals surface area contributed by atoms with Crippen molar-refractivity contribution in [2.75, 3.05) is 0 Å². The summed E-state index contributed by atoms with van der Waals surface area (Å²) in [5, 5.41) is 39.0. The first-order valence-corrected chi connectivity index (χ1v) is 4.80. The number of carbonyl (C=O) groups is 5. The Morgan fingerprint density at radius 3 is 1.24 bits per heavy atom. The number of hydrogen-bond donors (Lipinski definition) is 6. The van der Waals surface area contributed by atoms with E-state index in [-0.39, 0.29) is 0 Å². The first kappa shape index (κ1) is 20.2. The fourth-order valence-corrected chi connectivity index (χ4v) is 0.813. The Balaban J connectivity index is 0. The number of amides is 4. The fourth-order valence-electron chi connectivity index (χ4n) is 0.813. The second-order valence-electron chi connectivity index (χ2n) is 3.35. The van der Waals surface area contributed by atoms with Crippen LogP contribution in [0.15, 0.2) is 10.2 Å². The molecule has 0 aromatic rings. The molecule has 0 saturated heterocycles. The van der Waals surface area contributed by atoms with Gasteiger partial charge in [0.1, 0.15) is 0 Å². The highest BCUT2D eigenvalue weighted by Gasteiger charge is 2.40. The molecule has 0 saturated carbocycles. The molecule has 21 heavy (non-hydrogen) atoms. The molecule has 0 bridgehead atoms. The van der Waals surface area contributed by atoms with E-state index in [2.05, 4.69) is 21.7 Å². The number of primary amides is 2. The Bertz CT molecular complexity index is 440. The van der Waals surface area contributed by atoms with Crippen LogP contribution in [-0.4, -0.2) is 56.0 Å². The second kappa shape index (κ2) is 8.92. The van der Waals surface area contributed by atoms with Gasteiger partial charge >= 0.3 is 30.0 Å². The van der Waals surface area contributed by atoms with Crippen LogP contribution < -0.4 is 11.5 Å². The SMILES string of the molecule is NC(=O)N=NC(N)=O.O=C(O)CC(O)(CC(=O)O)C(=O)O. The van der Waals surface area contributed by atoms with E-state index in [4.69, 9.17) is 20.4 Å². The molecule has 0 fully saturated rings. The van der Waals surface area contributed by atoms with Gasteiger partial charge in [-0.3, -0.25) is 9.59 Å². The van der Waals surface area contributed by atoms with Gasteiger partial charge in [0.05, 0.1) is 12.8 Å². The zero-order valence-corrected chi connectivity index (χ0v) is 10.3. The van der Waals surface area contributed by atoms with Crippen molar-refractivity contribution in [3.63, 3.8) is 0 Å². The lowest BCUT2D eigenvalue weighted by molar-refractivity contribution is -0.170. The fraction of sp³-hybridized carbons (Fsp3) is 0.375. The summed E-state index contributed by atoms with van der Waals surface area (Å²) in [7, 11) is 0. The van der Waals surface area contributed by atoms with Crippen molar-refractivity contribution in [1.29, 1.82) is 0 Å². The minimum Gasteiger partial charge on any atom is -0.481 e. The summed E-state index contributed by atoms with van der Waals surface area (Å²) in [4.78, 5) is 49.8. The lowest BCUT2D eigenvalue weighted by Crippen LogP contribution is -2.42. The number of carboxylic acid groups (broad SMARTS) is 3. The lowest BCUT2D eigenvalue weighted by Gasteiger charge is -2.18. The standard InChI is InChI=1S/C6H8O7.C2H4N4O2/c7-3(8)1-6(13,5(11)12)2-4(9)10;3-1(7)5-6-2(4)8/h13H,1-2H2,(H,7,8)(H,9,10)(H,11,12);(H2,3,7)(H2,4,8). The number of aliphatic carboxylic acids is 3. The third-order valence-corrected chi connectivity index (χ3v) is 1.53. The van der Waals surface area contributed by atoms with Gasteiger partial charge in [-0.2, -0.15) is 0 Å². The third kappa shape index (κ3) is 11.7. The number of rotatable bonds is 5. The van der Waals surface area contributed by atoms with Crippen LogP contribution in [0, 0.1) is 0 Å². The van der Waals surface area contributed by atoms with Gasteiger partial charge in [0.2, 0.25) is 0 Å². The van der Waals surface area contributed by atoms with Gasteiger partial charge < -0.3 is 31.9 Å². The normalized spacial score (nSPS) is 10.3. The molecule has 8 N–H and O–H groups in total. The molecule has 0 aromatic heterocycles. The lowest BCUT2D eigenvalue weighted by atomic mass is 9.96. The second-order valence-corrected chi connectivity index (χ2v) is 3.35. The topological polar surface area (TPSA) is 243 Å². The van der Waals surface area contributed by atoms with E-state index in [0.717, 1.165) is 0 Å². The van der Waals surface area contributed by atoms with Gasteiger partial charge in [0.15, 0.2) is 5.60 Å².